The molecule has 0 radical (unpaired) electrons. The fourth-order valence-electron chi connectivity index (χ4n) is 2.10. The van der Waals surface area contributed by atoms with Crippen molar-refractivity contribution in [3.8, 4) is 16.9 Å². The van der Waals surface area contributed by atoms with E-state index in [0.717, 1.165) is 11.1 Å². The van der Waals surface area contributed by atoms with E-state index in [1.165, 1.54) is 12.1 Å². The Bertz CT molecular complexity index is 662. The number of hydrogen-bond acceptors (Lipinski definition) is 2. The Morgan fingerprint density at radius 2 is 2.05 bits per heavy atom. The summed E-state index contributed by atoms with van der Waals surface area (Å²) in [5.41, 5.74) is 3.13. The lowest BCUT2D eigenvalue weighted by atomic mass is 9.96. The van der Waals surface area contributed by atoms with Crippen LogP contribution in [0.5, 0.6) is 5.75 Å². The van der Waals surface area contributed by atoms with Crippen molar-refractivity contribution in [2.45, 2.75) is 6.92 Å². The first-order valence-corrected chi connectivity index (χ1v) is 5.80. The van der Waals surface area contributed by atoms with Crippen LogP contribution in [0.25, 0.3) is 17.2 Å². The molecular weight excluding hydrogens is 241 g/mol. The van der Waals surface area contributed by atoms with Gasteiger partial charge in [0.05, 0.1) is 0 Å². The minimum atomic E-state index is -0.351. The van der Waals surface area contributed by atoms with Crippen molar-refractivity contribution in [3.63, 3.8) is 0 Å². The number of phenolic OH excluding ortho intramolecular Hbond substituents is 1. The lowest BCUT2D eigenvalue weighted by Crippen LogP contribution is -1.88. The quantitative estimate of drug-likeness (QED) is 0.806. The van der Waals surface area contributed by atoms with Crippen LogP contribution in [0, 0.1) is 12.7 Å². The third kappa shape index (κ3) is 2.27. The van der Waals surface area contributed by atoms with Crippen LogP contribution in [0.4, 0.5) is 10.1 Å². The summed E-state index contributed by atoms with van der Waals surface area (Å²) in [6.07, 6.45) is 1.62. The smallest absolute Gasteiger partial charge is 0.149 e. The normalized spacial score (nSPS) is 10.2. The molecule has 0 atom stereocenters. The molecule has 0 unspecified atom stereocenters. The Hall–Kier alpha value is -2.42. The number of halogens is 1. The number of phenols is 1. The Morgan fingerprint density at radius 3 is 2.63 bits per heavy atom. The summed E-state index contributed by atoms with van der Waals surface area (Å²) in [5, 5.41) is 10.3. The fraction of sp³-hybridized carbons (Fsp3) is 0.0625. The van der Waals surface area contributed by atoms with Crippen LogP contribution in [0.3, 0.4) is 0 Å². The SMILES string of the molecule is C=Cc1c(C)cc(-c2cccc(F)c2)c(O)c1N=C. The topological polar surface area (TPSA) is 32.6 Å². The molecule has 2 rings (SSSR count). The largest absolute Gasteiger partial charge is 0.505 e. The number of rotatable bonds is 3. The van der Waals surface area contributed by atoms with Gasteiger partial charge in [0.15, 0.2) is 0 Å². The first-order chi connectivity index (χ1) is 9.08. The van der Waals surface area contributed by atoms with Gasteiger partial charge in [-0.1, -0.05) is 24.8 Å². The zero-order chi connectivity index (χ0) is 14.0. The molecular formula is C16H14FNO. The number of aliphatic imine (C=N–C) groups is 1. The van der Waals surface area contributed by atoms with E-state index in [-0.39, 0.29) is 11.6 Å². The molecule has 0 aromatic heterocycles. The molecule has 0 bridgehead atoms. The monoisotopic (exact) mass is 255 g/mol. The van der Waals surface area contributed by atoms with Crippen LogP contribution < -0.4 is 0 Å². The molecule has 0 heterocycles. The van der Waals surface area contributed by atoms with Crippen molar-refractivity contribution in [2.75, 3.05) is 0 Å². The molecule has 3 heteroatoms. The molecule has 2 aromatic carbocycles. The van der Waals surface area contributed by atoms with Gasteiger partial charge in [0.2, 0.25) is 0 Å². The Morgan fingerprint density at radius 1 is 1.32 bits per heavy atom. The highest BCUT2D eigenvalue weighted by Gasteiger charge is 2.14. The summed E-state index contributed by atoms with van der Waals surface area (Å²) in [6, 6.07) is 7.85. The third-order valence-corrected chi connectivity index (χ3v) is 3.02. The molecule has 0 aliphatic rings. The lowest BCUT2D eigenvalue weighted by Gasteiger charge is -2.13. The molecule has 0 saturated carbocycles. The molecule has 0 spiro atoms. The summed E-state index contributed by atoms with van der Waals surface area (Å²) in [6.45, 7) is 9.04. The van der Waals surface area contributed by atoms with Crippen LogP contribution in [-0.4, -0.2) is 11.8 Å². The van der Waals surface area contributed by atoms with E-state index < -0.39 is 0 Å². The van der Waals surface area contributed by atoms with Gasteiger partial charge in [-0.05, 0) is 43.0 Å². The van der Waals surface area contributed by atoms with Crippen molar-refractivity contribution in [1.29, 1.82) is 0 Å². The molecule has 0 aliphatic carbocycles. The number of benzene rings is 2. The average molecular weight is 255 g/mol. The number of hydrogen-bond donors (Lipinski definition) is 1. The number of aromatic hydroxyl groups is 1. The van der Waals surface area contributed by atoms with Crippen LogP contribution in [0.15, 0.2) is 41.9 Å². The molecule has 96 valence electrons. The Kier molecular flexibility index (Phi) is 3.47. The first kappa shape index (κ1) is 13.0. The molecule has 2 nitrogen and oxygen atoms in total. The highest BCUT2D eigenvalue weighted by Crippen LogP contribution is 2.42. The van der Waals surface area contributed by atoms with Crippen LogP contribution in [0.2, 0.25) is 0 Å². The molecule has 0 fully saturated rings. The zero-order valence-electron chi connectivity index (χ0n) is 10.7. The second-order valence-corrected chi connectivity index (χ2v) is 4.22. The van der Waals surface area contributed by atoms with Crippen LogP contribution in [-0.2, 0) is 0 Å². The van der Waals surface area contributed by atoms with E-state index in [0.29, 0.717) is 16.8 Å². The maximum absolute atomic E-state index is 13.3. The van der Waals surface area contributed by atoms with Crippen molar-refractivity contribution < 1.29 is 9.50 Å². The average Bonchev–Trinajstić information content (AvgIpc) is 2.40. The van der Waals surface area contributed by atoms with Crippen molar-refractivity contribution in [2.24, 2.45) is 4.99 Å². The van der Waals surface area contributed by atoms with E-state index in [2.05, 4.69) is 18.3 Å². The van der Waals surface area contributed by atoms with Gasteiger partial charge in [-0.3, -0.25) is 4.99 Å². The van der Waals surface area contributed by atoms with Gasteiger partial charge in [0.25, 0.3) is 0 Å². The zero-order valence-corrected chi connectivity index (χ0v) is 10.7. The number of nitrogens with zero attached hydrogens (tertiary/aromatic N) is 1. The van der Waals surface area contributed by atoms with E-state index >= 15 is 0 Å². The second kappa shape index (κ2) is 5.06. The first-order valence-electron chi connectivity index (χ1n) is 5.80. The predicted molar refractivity (Wildman–Crippen MR) is 77.5 cm³/mol. The maximum atomic E-state index is 13.3. The Labute approximate surface area is 111 Å². The molecule has 1 N–H and O–H groups in total. The van der Waals surface area contributed by atoms with Gasteiger partial charge in [0.1, 0.15) is 17.3 Å². The summed E-state index contributed by atoms with van der Waals surface area (Å²) in [4.78, 5) is 3.85. The molecule has 19 heavy (non-hydrogen) atoms. The summed E-state index contributed by atoms with van der Waals surface area (Å²) >= 11 is 0. The fourth-order valence-corrected chi connectivity index (χ4v) is 2.10. The summed E-state index contributed by atoms with van der Waals surface area (Å²) in [7, 11) is 0. The van der Waals surface area contributed by atoms with Crippen molar-refractivity contribution in [3.05, 3.63) is 53.9 Å². The van der Waals surface area contributed by atoms with Gasteiger partial charge in [-0.15, -0.1) is 0 Å². The highest BCUT2D eigenvalue weighted by atomic mass is 19.1. The summed E-state index contributed by atoms with van der Waals surface area (Å²) in [5.74, 6) is -0.364. The van der Waals surface area contributed by atoms with Gasteiger partial charge < -0.3 is 5.11 Å². The van der Waals surface area contributed by atoms with Gasteiger partial charge in [-0.2, -0.15) is 0 Å². The van der Waals surface area contributed by atoms with E-state index in [4.69, 9.17) is 0 Å². The number of aryl methyl sites for hydroxylation is 1. The molecule has 2 aromatic rings. The highest BCUT2D eigenvalue weighted by molar-refractivity contribution is 5.84. The molecule has 0 aliphatic heterocycles. The molecule has 0 amide bonds. The van der Waals surface area contributed by atoms with Gasteiger partial charge in [0, 0.05) is 11.1 Å². The minimum Gasteiger partial charge on any atom is -0.505 e. The second-order valence-electron chi connectivity index (χ2n) is 4.22. The van der Waals surface area contributed by atoms with Gasteiger partial charge >= 0.3 is 0 Å². The standard InChI is InChI=1S/C16H14FNO/c1-4-13-10(2)8-14(16(19)15(13)18-3)11-6-5-7-12(17)9-11/h4-9,19H,1,3H2,2H3. The van der Waals surface area contributed by atoms with Gasteiger partial charge in [-0.25, -0.2) is 4.39 Å². The minimum absolute atomic E-state index is 0.0129. The Balaban J connectivity index is 2.75. The van der Waals surface area contributed by atoms with Crippen LogP contribution >= 0.6 is 0 Å². The van der Waals surface area contributed by atoms with E-state index in [9.17, 15) is 9.50 Å². The van der Waals surface area contributed by atoms with Crippen molar-refractivity contribution in [1.82, 2.24) is 0 Å². The maximum Gasteiger partial charge on any atom is 0.149 e. The van der Waals surface area contributed by atoms with Crippen LogP contribution in [0.1, 0.15) is 11.1 Å². The van der Waals surface area contributed by atoms with Crippen molar-refractivity contribution >= 4 is 18.5 Å². The molecule has 0 saturated heterocycles. The predicted octanol–water partition coefficient (Wildman–Crippen LogP) is 4.48. The van der Waals surface area contributed by atoms with E-state index in [1.807, 2.05) is 6.92 Å². The lowest BCUT2D eigenvalue weighted by molar-refractivity contribution is 0.478. The third-order valence-electron chi connectivity index (χ3n) is 3.02. The summed E-state index contributed by atoms with van der Waals surface area (Å²) < 4.78 is 13.3. The van der Waals surface area contributed by atoms with E-state index in [1.54, 1.807) is 24.3 Å².